The number of hydrogen-bond donors (Lipinski definition) is 0. The van der Waals surface area contributed by atoms with Crippen LogP contribution in [0.4, 0.5) is 0 Å². The molecule has 0 saturated carbocycles. The molecule has 1 heterocycles. The van der Waals surface area contributed by atoms with Crippen molar-refractivity contribution in [2.75, 3.05) is 42.3 Å². The smallest absolute Gasteiger partial charge is 0.119 e. The van der Waals surface area contributed by atoms with Gasteiger partial charge in [0.2, 0.25) is 0 Å². The third-order valence-corrected chi connectivity index (χ3v) is 5.17. The van der Waals surface area contributed by atoms with E-state index in [1.165, 1.54) is 82.1 Å². The lowest BCUT2D eigenvalue weighted by Gasteiger charge is -2.27. The molecule has 0 N–H and O–H groups in total. The predicted octanol–water partition coefficient (Wildman–Crippen LogP) is 5.82. The van der Waals surface area contributed by atoms with Gasteiger partial charge in [-0.3, -0.25) is 0 Å². The van der Waals surface area contributed by atoms with Crippen LogP contribution in [-0.4, -0.2) is 55.8 Å². The Morgan fingerprint density at radius 2 is 0.963 bits per heavy atom. The monoisotopic (exact) mass is 379 g/mol. The number of unbranched alkanes of at least 4 members (excludes halogenated alkanes) is 9. The van der Waals surface area contributed by atoms with Crippen LogP contribution < -0.4 is 0 Å². The Hall–Kier alpha value is -0.800. The highest BCUT2D eigenvalue weighted by atomic mass is 15.3. The molecule has 0 amide bonds. The first kappa shape index (κ1) is 24.2. The molecule has 0 aliphatic carbocycles. The van der Waals surface area contributed by atoms with Gasteiger partial charge in [0.15, 0.2) is 0 Å². The molecule has 158 valence electrons. The van der Waals surface area contributed by atoms with Crippen molar-refractivity contribution in [2.45, 2.75) is 90.8 Å². The molecule has 0 saturated heterocycles. The first-order chi connectivity index (χ1) is 12.6. The maximum Gasteiger partial charge on any atom is 0.119 e. The van der Waals surface area contributed by atoms with Crippen molar-refractivity contribution in [3.63, 3.8) is 0 Å². The first-order valence-corrected chi connectivity index (χ1v) is 11.4. The van der Waals surface area contributed by atoms with Crippen LogP contribution in [0.25, 0.3) is 0 Å². The lowest BCUT2D eigenvalue weighted by Crippen LogP contribution is -2.36. The van der Waals surface area contributed by atoms with E-state index in [1.54, 1.807) is 0 Å². The van der Waals surface area contributed by atoms with Crippen molar-refractivity contribution in [1.82, 2.24) is 4.57 Å². The fraction of sp³-hybridized carbons (Fsp3) is 0.833. The van der Waals surface area contributed by atoms with E-state index in [4.69, 9.17) is 0 Å². The summed E-state index contributed by atoms with van der Waals surface area (Å²) in [6.45, 7) is 5.70. The summed E-state index contributed by atoms with van der Waals surface area (Å²) in [5.74, 6) is 0. The van der Waals surface area contributed by atoms with Gasteiger partial charge in [0.25, 0.3) is 0 Å². The molecule has 0 spiro atoms. The highest BCUT2D eigenvalue weighted by Gasteiger charge is 2.18. The second kappa shape index (κ2) is 11.9. The molecule has 0 bridgehead atoms. The number of rotatable bonds is 15. The van der Waals surface area contributed by atoms with Gasteiger partial charge in [0, 0.05) is 6.54 Å². The molecule has 0 fully saturated rings. The average Bonchev–Trinajstić information content (AvgIpc) is 2.87. The Kier molecular flexibility index (Phi) is 10.7. The molecule has 1 aromatic rings. The molecule has 0 atom stereocenters. The zero-order valence-electron chi connectivity index (χ0n) is 19.7. The van der Waals surface area contributed by atoms with E-state index in [0.29, 0.717) is 0 Å². The summed E-state index contributed by atoms with van der Waals surface area (Å²) in [7, 11) is 13.7. The molecule has 27 heavy (non-hydrogen) atoms. The van der Waals surface area contributed by atoms with Crippen LogP contribution in [0.15, 0.2) is 12.1 Å². The normalized spacial score (nSPS) is 12.7. The minimum absolute atomic E-state index is 0.992. The molecule has 0 unspecified atom stereocenters. The Morgan fingerprint density at radius 3 is 1.33 bits per heavy atom. The van der Waals surface area contributed by atoms with E-state index in [-0.39, 0.29) is 0 Å². The van der Waals surface area contributed by atoms with Gasteiger partial charge in [0.1, 0.15) is 13.1 Å². The molecule has 0 aromatic carbocycles. The highest BCUT2D eigenvalue weighted by Crippen LogP contribution is 2.18. The molecule has 1 rings (SSSR count). The summed E-state index contributed by atoms with van der Waals surface area (Å²) in [6.07, 6.45) is 14.1. The largest absolute Gasteiger partial charge is 0.339 e. The molecular formula is C24H49N3+2. The molecule has 0 aliphatic rings. The van der Waals surface area contributed by atoms with E-state index in [9.17, 15) is 0 Å². The summed E-state index contributed by atoms with van der Waals surface area (Å²) >= 11 is 0. The zero-order valence-corrected chi connectivity index (χ0v) is 19.7. The van der Waals surface area contributed by atoms with E-state index < -0.39 is 0 Å². The number of quaternary nitrogens is 2. The molecule has 1 aromatic heterocycles. The van der Waals surface area contributed by atoms with Crippen LogP contribution in [0.1, 0.15) is 82.5 Å². The molecular weight excluding hydrogens is 330 g/mol. The van der Waals surface area contributed by atoms with Crippen LogP contribution in [0.2, 0.25) is 0 Å². The van der Waals surface area contributed by atoms with Gasteiger partial charge < -0.3 is 13.5 Å². The predicted molar refractivity (Wildman–Crippen MR) is 120 cm³/mol. The maximum atomic E-state index is 2.62. The number of aromatic nitrogens is 1. The van der Waals surface area contributed by atoms with Crippen LogP contribution in [-0.2, 0) is 19.6 Å². The van der Waals surface area contributed by atoms with Crippen molar-refractivity contribution in [3.05, 3.63) is 23.5 Å². The zero-order chi connectivity index (χ0) is 20.3. The van der Waals surface area contributed by atoms with Gasteiger partial charge in [-0.05, 0) is 18.6 Å². The van der Waals surface area contributed by atoms with Gasteiger partial charge in [-0.2, -0.15) is 0 Å². The Morgan fingerprint density at radius 1 is 0.593 bits per heavy atom. The fourth-order valence-electron chi connectivity index (χ4n) is 3.85. The van der Waals surface area contributed by atoms with Crippen molar-refractivity contribution in [3.8, 4) is 0 Å². The standard InChI is InChI=1S/C24H49N3/c1-8-9-10-11-12-13-14-15-16-17-20-25-23(21-26(2,3)4)18-19-24(25)22-27(5,6)7/h18-19H,8-17,20-22H2,1-7H3/q+2. The fourth-order valence-corrected chi connectivity index (χ4v) is 3.85. The quantitative estimate of drug-likeness (QED) is 0.267. The average molecular weight is 380 g/mol. The van der Waals surface area contributed by atoms with Crippen LogP contribution in [0.5, 0.6) is 0 Å². The molecule has 0 aliphatic heterocycles. The van der Waals surface area contributed by atoms with Crippen molar-refractivity contribution >= 4 is 0 Å². The lowest BCUT2D eigenvalue weighted by atomic mass is 10.1. The SMILES string of the molecule is CCCCCCCCCCCCn1c(C[N+](C)(C)C)ccc1C[N+](C)(C)C. The third kappa shape index (κ3) is 11.6. The van der Waals surface area contributed by atoms with E-state index >= 15 is 0 Å². The van der Waals surface area contributed by atoms with Gasteiger partial charge in [-0.15, -0.1) is 0 Å². The van der Waals surface area contributed by atoms with Crippen LogP contribution >= 0.6 is 0 Å². The van der Waals surface area contributed by atoms with E-state index in [2.05, 4.69) is 65.9 Å². The number of hydrogen-bond acceptors (Lipinski definition) is 0. The Labute approximate surface area is 170 Å². The van der Waals surface area contributed by atoms with Gasteiger partial charge in [-0.1, -0.05) is 64.7 Å². The maximum absolute atomic E-state index is 2.62. The van der Waals surface area contributed by atoms with Crippen LogP contribution in [0.3, 0.4) is 0 Å². The highest BCUT2D eigenvalue weighted by molar-refractivity contribution is 5.15. The molecule has 3 heteroatoms. The second-order valence-corrected chi connectivity index (χ2v) is 10.5. The summed E-state index contributed by atoms with van der Waals surface area (Å²) in [4.78, 5) is 0. The van der Waals surface area contributed by atoms with Crippen molar-refractivity contribution < 1.29 is 8.97 Å². The minimum atomic E-state index is 0.992. The Balaban J connectivity index is 2.43. The van der Waals surface area contributed by atoms with E-state index in [1.807, 2.05) is 0 Å². The molecule has 0 radical (unpaired) electrons. The van der Waals surface area contributed by atoms with E-state index in [0.717, 1.165) is 22.1 Å². The Bertz CT molecular complexity index is 469. The summed E-state index contributed by atoms with van der Waals surface area (Å²) in [5.41, 5.74) is 3.00. The van der Waals surface area contributed by atoms with Gasteiger partial charge in [-0.25, -0.2) is 0 Å². The van der Waals surface area contributed by atoms with Crippen molar-refractivity contribution in [2.24, 2.45) is 0 Å². The van der Waals surface area contributed by atoms with Crippen molar-refractivity contribution in [1.29, 1.82) is 0 Å². The lowest BCUT2D eigenvalue weighted by molar-refractivity contribution is -0.885. The summed E-state index contributed by atoms with van der Waals surface area (Å²) in [6, 6.07) is 4.73. The summed E-state index contributed by atoms with van der Waals surface area (Å²) in [5, 5.41) is 0. The number of nitrogens with zero attached hydrogens (tertiary/aromatic N) is 3. The summed E-state index contributed by atoms with van der Waals surface area (Å²) < 4.78 is 4.61. The third-order valence-electron chi connectivity index (χ3n) is 5.17. The van der Waals surface area contributed by atoms with Crippen LogP contribution in [0, 0.1) is 0 Å². The minimum Gasteiger partial charge on any atom is -0.339 e. The second-order valence-electron chi connectivity index (χ2n) is 10.5. The van der Waals surface area contributed by atoms with Gasteiger partial charge >= 0.3 is 0 Å². The first-order valence-electron chi connectivity index (χ1n) is 11.4. The topological polar surface area (TPSA) is 4.93 Å². The van der Waals surface area contributed by atoms with Gasteiger partial charge in [0.05, 0.1) is 53.7 Å². The molecule has 3 nitrogen and oxygen atoms in total.